The van der Waals surface area contributed by atoms with Crippen molar-refractivity contribution in [3.8, 4) is 5.82 Å². The molecule has 17 heavy (non-hydrogen) atoms. The Hall–Kier alpha value is -1.90. The topological polar surface area (TPSA) is 30.7 Å². The second-order valence-corrected chi connectivity index (χ2v) is 3.30. The Morgan fingerprint density at radius 1 is 1.29 bits per heavy atom. The molecule has 0 aliphatic rings. The van der Waals surface area contributed by atoms with Gasteiger partial charge in [-0.25, -0.2) is 9.67 Å². The van der Waals surface area contributed by atoms with Gasteiger partial charge in [-0.15, -0.1) is 0 Å². The normalized spacial score (nSPS) is 9.35. The van der Waals surface area contributed by atoms with E-state index in [9.17, 15) is 0 Å². The van der Waals surface area contributed by atoms with Crippen LogP contribution in [0.3, 0.4) is 0 Å². The maximum absolute atomic E-state index is 4.33. The molecule has 3 heteroatoms. The van der Waals surface area contributed by atoms with Crippen molar-refractivity contribution in [3.63, 3.8) is 0 Å². The Kier molecular flexibility index (Phi) is 5.14. The van der Waals surface area contributed by atoms with E-state index in [4.69, 9.17) is 0 Å². The summed E-state index contributed by atoms with van der Waals surface area (Å²) in [6.45, 7) is 9.80. The average Bonchev–Trinajstić information content (AvgIpc) is 2.90. The van der Waals surface area contributed by atoms with E-state index >= 15 is 0 Å². The summed E-state index contributed by atoms with van der Waals surface area (Å²) in [7, 11) is 0. The molecule has 0 saturated heterocycles. The van der Waals surface area contributed by atoms with Crippen LogP contribution in [0, 0.1) is 0 Å². The largest absolute Gasteiger partial charge is 0.237 e. The van der Waals surface area contributed by atoms with E-state index in [0.29, 0.717) is 0 Å². The van der Waals surface area contributed by atoms with E-state index in [1.165, 1.54) is 5.56 Å². The van der Waals surface area contributed by atoms with Gasteiger partial charge in [-0.2, -0.15) is 5.10 Å². The molecule has 0 aliphatic carbocycles. The van der Waals surface area contributed by atoms with E-state index in [1.807, 2.05) is 32.3 Å². The van der Waals surface area contributed by atoms with Crippen molar-refractivity contribution < 1.29 is 0 Å². The molecule has 2 aromatic heterocycles. The number of aryl methyl sites for hydroxylation is 1. The predicted octanol–water partition coefficient (Wildman–Crippen LogP) is 3.50. The van der Waals surface area contributed by atoms with Crippen LogP contribution in [0.2, 0.25) is 0 Å². The minimum absolute atomic E-state index is 0.834. The van der Waals surface area contributed by atoms with Crippen molar-refractivity contribution in [2.24, 2.45) is 0 Å². The van der Waals surface area contributed by atoms with Crippen molar-refractivity contribution in [1.82, 2.24) is 14.8 Å². The van der Waals surface area contributed by atoms with Crippen LogP contribution in [-0.4, -0.2) is 14.8 Å². The van der Waals surface area contributed by atoms with Gasteiger partial charge in [-0.3, -0.25) is 0 Å². The predicted molar refractivity (Wildman–Crippen MR) is 72.2 cm³/mol. The lowest BCUT2D eigenvalue weighted by molar-refractivity contribution is 0.843. The molecule has 3 nitrogen and oxygen atoms in total. The smallest absolute Gasteiger partial charge is 0.153 e. The van der Waals surface area contributed by atoms with Crippen LogP contribution in [0.25, 0.3) is 11.9 Å². The molecule has 0 fully saturated rings. The number of pyridine rings is 1. The molecule has 0 spiro atoms. The van der Waals surface area contributed by atoms with Gasteiger partial charge in [-0.1, -0.05) is 39.5 Å². The molecule has 0 atom stereocenters. The van der Waals surface area contributed by atoms with Gasteiger partial charge in [0.2, 0.25) is 0 Å². The van der Waals surface area contributed by atoms with Crippen molar-refractivity contribution in [1.29, 1.82) is 0 Å². The number of rotatable bonds is 3. The molecule has 0 radical (unpaired) electrons. The first-order valence-electron chi connectivity index (χ1n) is 5.96. The van der Waals surface area contributed by atoms with Gasteiger partial charge in [0.25, 0.3) is 0 Å². The van der Waals surface area contributed by atoms with Gasteiger partial charge in [-0.05, 0) is 18.1 Å². The van der Waals surface area contributed by atoms with Crippen molar-refractivity contribution in [3.05, 3.63) is 48.4 Å². The lowest BCUT2D eigenvalue weighted by atomic mass is 10.2. The summed E-state index contributed by atoms with van der Waals surface area (Å²) in [4.78, 5) is 4.33. The van der Waals surface area contributed by atoms with Gasteiger partial charge in [0.05, 0.1) is 6.20 Å². The molecular formula is C14H19N3. The third kappa shape index (κ3) is 3.28. The molecule has 0 aromatic carbocycles. The molecule has 0 aliphatic heterocycles. The van der Waals surface area contributed by atoms with Crippen molar-refractivity contribution in [2.45, 2.75) is 27.2 Å². The number of aromatic nitrogens is 3. The first-order valence-corrected chi connectivity index (χ1v) is 5.96. The summed E-state index contributed by atoms with van der Waals surface area (Å²) in [5, 5.41) is 4.20. The lowest BCUT2D eigenvalue weighted by Gasteiger charge is -2.00. The van der Waals surface area contributed by atoms with E-state index in [1.54, 1.807) is 17.0 Å². The summed E-state index contributed by atoms with van der Waals surface area (Å²) in [6, 6.07) is 4.04. The lowest BCUT2D eigenvalue weighted by Crippen LogP contribution is -1.97. The van der Waals surface area contributed by atoms with Gasteiger partial charge >= 0.3 is 0 Å². The molecule has 0 amide bonds. The molecule has 0 saturated carbocycles. The molecule has 2 heterocycles. The highest BCUT2D eigenvalue weighted by Crippen LogP contribution is 2.07. The molecule has 90 valence electrons. The Balaban J connectivity index is 0.000000686. The maximum Gasteiger partial charge on any atom is 0.153 e. The van der Waals surface area contributed by atoms with E-state index in [-0.39, 0.29) is 0 Å². The number of hydrogen-bond acceptors (Lipinski definition) is 2. The monoisotopic (exact) mass is 229 g/mol. The standard InChI is InChI=1S/C12H13N3.C2H6/c1-3-10-5-6-12(13-7-10)15-9-11(4-2)8-14-15;1-2/h4-9H,2-3H2,1H3;1-2H3. The Morgan fingerprint density at radius 3 is 2.53 bits per heavy atom. The first-order chi connectivity index (χ1) is 8.33. The zero-order valence-electron chi connectivity index (χ0n) is 10.7. The summed E-state index contributed by atoms with van der Waals surface area (Å²) >= 11 is 0. The quantitative estimate of drug-likeness (QED) is 0.806. The molecule has 2 rings (SSSR count). The van der Waals surface area contributed by atoms with E-state index < -0.39 is 0 Å². The second kappa shape index (κ2) is 6.63. The highest BCUT2D eigenvalue weighted by Gasteiger charge is 1.99. The Labute approximate surface area is 103 Å². The average molecular weight is 229 g/mol. The van der Waals surface area contributed by atoms with Crippen LogP contribution >= 0.6 is 0 Å². The van der Waals surface area contributed by atoms with Crippen LogP contribution in [0.4, 0.5) is 0 Å². The van der Waals surface area contributed by atoms with Crippen LogP contribution in [0.1, 0.15) is 31.9 Å². The van der Waals surface area contributed by atoms with Crippen LogP contribution in [0.5, 0.6) is 0 Å². The Morgan fingerprint density at radius 2 is 2.06 bits per heavy atom. The van der Waals surface area contributed by atoms with Crippen molar-refractivity contribution >= 4 is 6.08 Å². The summed E-state index contributed by atoms with van der Waals surface area (Å²) in [6.07, 6.45) is 8.32. The first kappa shape index (κ1) is 13.2. The van der Waals surface area contributed by atoms with Crippen molar-refractivity contribution in [2.75, 3.05) is 0 Å². The number of hydrogen-bond donors (Lipinski definition) is 0. The minimum Gasteiger partial charge on any atom is -0.237 e. The van der Waals surface area contributed by atoms with E-state index in [0.717, 1.165) is 17.8 Å². The molecular weight excluding hydrogens is 210 g/mol. The van der Waals surface area contributed by atoms with Gasteiger partial charge in [0.1, 0.15) is 0 Å². The highest BCUT2D eigenvalue weighted by atomic mass is 15.3. The molecule has 0 N–H and O–H groups in total. The minimum atomic E-state index is 0.834. The van der Waals surface area contributed by atoms with Crippen LogP contribution in [-0.2, 0) is 6.42 Å². The fraction of sp³-hybridized carbons (Fsp3) is 0.286. The molecule has 0 unspecified atom stereocenters. The van der Waals surface area contributed by atoms with Gasteiger partial charge in [0, 0.05) is 18.0 Å². The fourth-order valence-electron chi connectivity index (χ4n) is 1.33. The maximum atomic E-state index is 4.33. The highest BCUT2D eigenvalue weighted by molar-refractivity contribution is 5.44. The summed E-state index contributed by atoms with van der Waals surface area (Å²) in [5.74, 6) is 0.834. The van der Waals surface area contributed by atoms with Crippen LogP contribution < -0.4 is 0 Å². The molecule has 2 aromatic rings. The van der Waals surface area contributed by atoms with Gasteiger partial charge in [0.15, 0.2) is 5.82 Å². The van der Waals surface area contributed by atoms with Gasteiger partial charge < -0.3 is 0 Å². The van der Waals surface area contributed by atoms with Crippen LogP contribution in [0.15, 0.2) is 37.3 Å². The SMILES string of the molecule is C=Cc1cnn(-c2ccc(CC)cn2)c1.CC. The third-order valence-electron chi connectivity index (χ3n) is 2.29. The Bertz CT molecular complexity index is 455. The van der Waals surface area contributed by atoms with E-state index in [2.05, 4.69) is 29.7 Å². The summed E-state index contributed by atoms with van der Waals surface area (Å²) < 4.78 is 1.75. The molecule has 0 bridgehead atoms. The number of nitrogens with zero attached hydrogens (tertiary/aromatic N) is 3. The summed E-state index contributed by atoms with van der Waals surface area (Å²) in [5.41, 5.74) is 2.23. The zero-order valence-corrected chi connectivity index (χ0v) is 10.7. The fourth-order valence-corrected chi connectivity index (χ4v) is 1.33. The third-order valence-corrected chi connectivity index (χ3v) is 2.29. The second-order valence-electron chi connectivity index (χ2n) is 3.30. The zero-order chi connectivity index (χ0) is 12.7.